The highest BCUT2D eigenvalue weighted by Gasteiger charge is 2.20. The SMILES string of the molecule is c1ccc(CC2CSC(c3cscn3)=N2)cc1. The largest absolute Gasteiger partial charge is 0.272 e. The van der Waals surface area contributed by atoms with Crippen molar-refractivity contribution in [2.45, 2.75) is 12.5 Å². The first-order chi connectivity index (χ1) is 8.42. The minimum Gasteiger partial charge on any atom is -0.272 e. The maximum atomic E-state index is 4.75. The number of thiazole rings is 1. The van der Waals surface area contributed by atoms with Crippen LogP contribution in [-0.4, -0.2) is 21.8 Å². The van der Waals surface area contributed by atoms with Gasteiger partial charge in [0.1, 0.15) is 10.7 Å². The molecule has 0 radical (unpaired) electrons. The van der Waals surface area contributed by atoms with Gasteiger partial charge in [0.25, 0.3) is 0 Å². The summed E-state index contributed by atoms with van der Waals surface area (Å²) in [6.07, 6.45) is 1.03. The van der Waals surface area contributed by atoms with Gasteiger partial charge in [-0.15, -0.1) is 23.1 Å². The Bertz CT molecular complexity index is 505. The van der Waals surface area contributed by atoms with Crippen molar-refractivity contribution in [1.82, 2.24) is 4.98 Å². The molecule has 2 aromatic rings. The third kappa shape index (κ3) is 2.58. The van der Waals surface area contributed by atoms with Gasteiger partial charge in [-0.3, -0.25) is 4.99 Å². The first kappa shape index (κ1) is 11.0. The summed E-state index contributed by atoms with van der Waals surface area (Å²) < 4.78 is 0. The van der Waals surface area contributed by atoms with Crippen LogP contribution in [0.5, 0.6) is 0 Å². The molecular weight excluding hydrogens is 248 g/mol. The Morgan fingerprint density at radius 2 is 2.12 bits per heavy atom. The molecule has 3 rings (SSSR count). The van der Waals surface area contributed by atoms with E-state index in [-0.39, 0.29) is 0 Å². The minimum absolute atomic E-state index is 0.402. The molecule has 0 spiro atoms. The molecule has 1 aromatic carbocycles. The zero-order valence-corrected chi connectivity index (χ0v) is 10.9. The van der Waals surface area contributed by atoms with E-state index >= 15 is 0 Å². The number of rotatable bonds is 3. The first-order valence-corrected chi connectivity index (χ1v) is 7.48. The Kier molecular flexibility index (Phi) is 3.25. The molecular formula is C13H12N2S2. The lowest BCUT2D eigenvalue weighted by atomic mass is 10.1. The van der Waals surface area contributed by atoms with Gasteiger partial charge in [-0.1, -0.05) is 30.3 Å². The van der Waals surface area contributed by atoms with Gasteiger partial charge in [0.05, 0.1) is 11.6 Å². The summed E-state index contributed by atoms with van der Waals surface area (Å²) in [6.45, 7) is 0. The Morgan fingerprint density at radius 3 is 2.88 bits per heavy atom. The monoisotopic (exact) mass is 260 g/mol. The molecule has 1 aromatic heterocycles. The summed E-state index contributed by atoms with van der Waals surface area (Å²) in [5.74, 6) is 1.07. The normalized spacial score (nSPS) is 19.3. The van der Waals surface area contributed by atoms with Gasteiger partial charge in [0.15, 0.2) is 0 Å². The van der Waals surface area contributed by atoms with Crippen molar-refractivity contribution in [2.75, 3.05) is 5.75 Å². The summed E-state index contributed by atoms with van der Waals surface area (Å²) in [6, 6.07) is 11.0. The van der Waals surface area contributed by atoms with Gasteiger partial charge in [-0.05, 0) is 12.0 Å². The molecule has 17 heavy (non-hydrogen) atoms. The van der Waals surface area contributed by atoms with E-state index in [4.69, 9.17) is 4.99 Å². The van der Waals surface area contributed by atoms with Crippen molar-refractivity contribution in [3.8, 4) is 0 Å². The number of aromatic nitrogens is 1. The molecule has 0 fully saturated rings. The molecule has 2 nitrogen and oxygen atoms in total. The highest BCUT2D eigenvalue weighted by molar-refractivity contribution is 8.14. The van der Waals surface area contributed by atoms with Crippen LogP contribution in [-0.2, 0) is 6.42 Å². The van der Waals surface area contributed by atoms with Crippen molar-refractivity contribution in [3.63, 3.8) is 0 Å². The Labute approximate surface area is 109 Å². The lowest BCUT2D eigenvalue weighted by Crippen LogP contribution is -2.07. The first-order valence-electron chi connectivity index (χ1n) is 5.55. The fourth-order valence-corrected chi connectivity index (χ4v) is 3.50. The van der Waals surface area contributed by atoms with Crippen molar-refractivity contribution >= 4 is 28.1 Å². The van der Waals surface area contributed by atoms with E-state index in [2.05, 4.69) is 40.7 Å². The molecule has 0 N–H and O–H groups in total. The van der Waals surface area contributed by atoms with Gasteiger partial charge in [-0.2, -0.15) is 0 Å². The topological polar surface area (TPSA) is 25.2 Å². The fraction of sp³-hybridized carbons (Fsp3) is 0.231. The summed E-state index contributed by atoms with van der Waals surface area (Å²) in [5.41, 5.74) is 4.26. The Hall–Kier alpha value is -1.13. The van der Waals surface area contributed by atoms with Crippen LogP contribution in [0.15, 0.2) is 46.2 Å². The number of nitrogens with zero attached hydrogens (tertiary/aromatic N) is 2. The summed E-state index contributed by atoms with van der Waals surface area (Å²) >= 11 is 3.45. The van der Waals surface area contributed by atoms with Gasteiger partial charge < -0.3 is 0 Å². The number of thioether (sulfide) groups is 1. The molecule has 1 aliphatic rings. The summed E-state index contributed by atoms with van der Waals surface area (Å²) in [4.78, 5) is 9.06. The van der Waals surface area contributed by atoms with Crippen LogP contribution in [0, 0.1) is 0 Å². The third-order valence-electron chi connectivity index (χ3n) is 2.68. The second-order valence-electron chi connectivity index (χ2n) is 3.96. The molecule has 2 heterocycles. The van der Waals surface area contributed by atoms with E-state index in [1.54, 1.807) is 11.3 Å². The smallest absolute Gasteiger partial charge is 0.117 e. The molecule has 1 unspecified atom stereocenters. The lowest BCUT2D eigenvalue weighted by molar-refractivity contribution is 0.762. The quantitative estimate of drug-likeness (QED) is 0.846. The van der Waals surface area contributed by atoms with Crippen LogP contribution in [0.3, 0.4) is 0 Å². The van der Waals surface area contributed by atoms with Crippen LogP contribution in [0.2, 0.25) is 0 Å². The maximum absolute atomic E-state index is 4.75. The standard InChI is InChI=1S/C13H12N2S2/c1-2-4-10(5-3-1)6-11-7-17-13(15-11)12-8-16-9-14-12/h1-5,8-9,11H,6-7H2. The second kappa shape index (κ2) is 5.02. The number of hydrogen-bond donors (Lipinski definition) is 0. The van der Waals surface area contributed by atoms with E-state index in [0.717, 1.165) is 22.9 Å². The molecule has 1 atom stereocenters. The highest BCUT2D eigenvalue weighted by Crippen LogP contribution is 2.25. The Balaban J connectivity index is 1.71. The van der Waals surface area contributed by atoms with Crippen molar-refractivity contribution in [1.29, 1.82) is 0 Å². The summed E-state index contributed by atoms with van der Waals surface area (Å²) in [5, 5.41) is 3.17. The van der Waals surface area contributed by atoms with E-state index < -0.39 is 0 Å². The van der Waals surface area contributed by atoms with Gasteiger partial charge in [-0.25, -0.2) is 4.98 Å². The number of hydrogen-bond acceptors (Lipinski definition) is 4. The molecule has 86 valence electrons. The molecule has 1 aliphatic heterocycles. The van der Waals surface area contributed by atoms with Crippen LogP contribution in [0.25, 0.3) is 0 Å². The number of benzene rings is 1. The molecule has 4 heteroatoms. The van der Waals surface area contributed by atoms with Crippen LogP contribution in [0.1, 0.15) is 11.3 Å². The van der Waals surface area contributed by atoms with E-state index in [0.29, 0.717) is 6.04 Å². The van der Waals surface area contributed by atoms with Crippen molar-refractivity contribution in [2.24, 2.45) is 4.99 Å². The molecule has 0 saturated heterocycles. The van der Waals surface area contributed by atoms with E-state index in [1.165, 1.54) is 5.56 Å². The van der Waals surface area contributed by atoms with Crippen molar-refractivity contribution in [3.05, 3.63) is 52.5 Å². The maximum Gasteiger partial charge on any atom is 0.117 e. The number of aliphatic imine (C=N–C) groups is 1. The Morgan fingerprint density at radius 1 is 1.24 bits per heavy atom. The van der Waals surface area contributed by atoms with E-state index in [9.17, 15) is 0 Å². The van der Waals surface area contributed by atoms with Gasteiger partial charge in [0, 0.05) is 11.1 Å². The van der Waals surface area contributed by atoms with Crippen LogP contribution in [0.4, 0.5) is 0 Å². The molecule has 0 amide bonds. The predicted octanol–water partition coefficient (Wildman–Crippen LogP) is 3.25. The lowest BCUT2D eigenvalue weighted by Gasteiger charge is -2.04. The average molecular weight is 260 g/mol. The van der Waals surface area contributed by atoms with Gasteiger partial charge in [0.2, 0.25) is 0 Å². The van der Waals surface area contributed by atoms with E-state index in [1.807, 2.05) is 17.3 Å². The van der Waals surface area contributed by atoms with Crippen LogP contribution < -0.4 is 0 Å². The second-order valence-corrected chi connectivity index (χ2v) is 5.69. The molecule has 0 bridgehead atoms. The molecule has 0 aliphatic carbocycles. The zero-order chi connectivity index (χ0) is 11.5. The average Bonchev–Trinajstić information content (AvgIpc) is 3.00. The van der Waals surface area contributed by atoms with Gasteiger partial charge >= 0.3 is 0 Å². The highest BCUT2D eigenvalue weighted by atomic mass is 32.2. The zero-order valence-electron chi connectivity index (χ0n) is 9.24. The third-order valence-corrected chi connectivity index (χ3v) is 4.40. The molecule has 0 saturated carbocycles. The minimum atomic E-state index is 0.402. The van der Waals surface area contributed by atoms with Crippen molar-refractivity contribution < 1.29 is 0 Å². The fourth-order valence-electron chi connectivity index (χ4n) is 1.86. The predicted molar refractivity (Wildman–Crippen MR) is 75.0 cm³/mol. The summed E-state index contributed by atoms with van der Waals surface area (Å²) in [7, 11) is 0. The van der Waals surface area contributed by atoms with Crippen LogP contribution >= 0.6 is 23.1 Å².